The lowest BCUT2D eigenvalue weighted by atomic mass is 9.78. The molecule has 442 valence electrons. The molecule has 15 aliphatic heterocycles. The summed E-state index contributed by atoms with van der Waals surface area (Å²) in [7, 11) is 0. The van der Waals surface area contributed by atoms with Crippen LogP contribution in [0.2, 0.25) is 0 Å². The van der Waals surface area contributed by atoms with Crippen LogP contribution < -0.4 is 0 Å². The molecule has 0 saturated carbocycles. The van der Waals surface area contributed by atoms with Gasteiger partial charge in [-0.1, -0.05) is 46.0 Å². The summed E-state index contributed by atoms with van der Waals surface area (Å²) in [5.74, 6) is -2.82. The zero-order valence-corrected chi connectivity index (χ0v) is 47.3. The highest BCUT2D eigenvalue weighted by Gasteiger charge is 2.72. The van der Waals surface area contributed by atoms with E-state index in [1.54, 1.807) is 0 Å². The number of hydrogen-bond donors (Lipinski definition) is 1. The van der Waals surface area contributed by atoms with Gasteiger partial charge in [0.25, 0.3) is 0 Å². The van der Waals surface area contributed by atoms with Gasteiger partial charge in [0.05, 0.1) is 123 Å². The van der Waals surface area contributed by atoms with Gasteiger partial charge in [0.1, 0.15) is 36.1 Å². The Kier molecular flexibility index (Phi) is 13.7. The summed E-state index contributed by atoms with van der Waals surface area (Å²) in [4.78, 5) is 17.5. The number of carbonyl (C=O) groups is 1. The summed E-state index contributed by atoms with van der Waals surface area (Å²) >= 11 is 0. The lowest BCUT2D eigenvalue weighted by molar-refractivity contribution is -0.370. The second-order valence-corrected chi connectivity index (χ2v) is 27.8. The topological polar surface area (TPSA) is 225 Å². The number of azide groups is 1. The van der Waals surface area contributed by atoms with Crippen molar-refractivity contribution < 1.29 is 81.0 Å². The third-order valence-electron chi connectivity index (χ3n) is 22.3. The number of ether oxygens (including phenoxy) is 15. The predicted octanol–water partition coefficient (Wildman–Crippen LogP) is 7.27. The predicted molar refractivity (Wildman–Crippen MR) is 279 cm³/mol. The van der Waals surface area contributed by atoms with Gasteiger partial charge >= 0.3 is 5.97 Å². The summed E-state index contributed by atoms with van der Waals surface area (Å²) in [5, 5.41) is 14.7. The summed E-state index contributed by atoms with van der Waals surface area (Å²) in [6, 6.07) is 0. The van der Waals surface area contributed by atoms with Gasteiger partial charge in [-0.05, 0) is 92.7 Å². The van der Waals surface area contributed by atoms with Crippen molar-refractivity contribution in [3.05, 3.63) is 34.7 Å². The molecule has 15 saturated heterocycles. The lowest BCUT2D eigenvalue weighted by Gasteiger charge is -2.54. The molecule has 15 heterocycles. The highest BCUT2D eigenvalue weighted by molar-refractivity contribution is 5.70. The molecule has 1 N–H and O–H groups in total. The Hall–Kier alpha value is -2.34. The maximum Gasteiger partial charge on any atom is 0.308 e. The number of aliphatic hydroxyl groups is 1. The standard InChI is InChI=1S/C60H85N3O17/c1-27-16-33-8-10-37-28(2)17-35(66-37)12-14-58-15-13-39-55(80-58)57(7)56(72-39)54(79-58)53-38(74-57)11-9-34(68-53)18-48(65)73-52-32(6)51-43(69-42(52)20-40(67-33)31(27)5)21-41-45(70-51)24-60(75-41)25-46-50(78-60)30(4)23-59(77-46)22-29(3)49-44(76-59)19-36(64)47(71-49)26-62-63-61/h27,29-30,32-47,49-56,64H,2,5,8-26H2,1,3-4,6-7H3/t27-,29+,30+,32+,33+,34-,35+,36-,37+,38+,39-,40?,41-,42+,43+,44+,45-,46+,47-,49+,50+,51+,52-,53+,54+,55?,56+,57+,58-,59-,60+/m1/s1. The highest BCUT2D eigenvalue weighted by atomic mass is 16.8. The van der Waals surface area contributed by atoms with Crippen LogP contribution in [0.3, 0.4) is 0 Å². The first-order chi connectivity index (χ1) is 38.4. The van der Waals surface area contributed by atoms with Gasteiger partial charge in [-0.2, -0.15) is 0 Å². The largest absolute Gasteiger partial charge is 0.459 e. The quantitative estimate of drug-likeness (QED) is 0.0943. The van der Waals surface area contributed by atoms with Crippen LogP contribution in [0.5, 0.6) is 0 Å². The third-order valence-corrected chi connectivity index (χ3v) is 22.3. The van der Waals surface area contributed by atoms with Gasteiger partial charge < -0.3 is 76.2 Å². The van der Waals surface area contributed by atoms with Crippen molar-refractivity contribution in [2.24, 2.45) is 28.8 Å². The van der Waals surface area contributed by atoms with Crippen molar-refractivity contribution in [2.75, 3.05) is 6.54 Å². The van der Waals surface area contributed by atoms with E-state index in [1.165, 1.54) is 0 Å². The minimum atomic E-state index is -0.928. The second kappa shape index (κ2) is 20.1. The van der Waals surface area contributed by atoms with Crippen LogP contribution in [-0.2, 0) is 75.8 Å². The van der Waals surface area contributed by atoms with Gasteiger partial charge in [-0.25, -0.2) is 0 Å². The molecular weight excluding hydrogens is 1030 g/mol. The van der Waals surface area contributed by atoms with Crippen molar-refractivity contribution in [2.45, 2.75) is 314 Å². The van der Waals surface area contributed by atoms with E-state index < -0.39 is 65.7 Å². The van der Waals surface area contributed by atoms with Crippen LogP contribution >= 0.6 is 0 Å². The Morgan fingerprint density at radius 1 is 0.562 bits per heavy atom. The Morgan fingerprint density at radius 2 is 1.29 bits per heavy atom. The maximum absolute atomic E-state index is 14.7. The molecule has 0 radical (unpaired) electrons. The van der Waals surface area contributed by atoms with E-state index in [2.05, 4.69) is 57.8 Å². The molecule has 15 aliphatic rings. The van der Waals surface area contributed by atoms with Crippen molar-refractivity contribution in [1.82, 2.24) is 0 Å². The van der Waals surface area contributed by atoms with E-state index in [0.717, 1.165) is 49.7 Å². The second-order valence-electron chi connectivity index (χ2n) is 27.8. The van der Waals surface area contributed by atoms with E-state index in [-0.39, 0.29) is 140 Å². The molecule has 31 atom stereocenters. The Balaban J connectivity index is 0.666. The van der Waals surface area contributed by atoms with Gasteiger partial charge in [0, 0.05) is 68.6 Å². The smallest absolute Gasteiger partial charge is 0.308 e. The Morgan fingerprint density at radius 3 is 2.14 bits per heavy atom. The zero-order valence-electron chi connectivity index (χ0n) is 47.3. The third kappa shape index (κ3) is 9.15. The van der Waals surface area contributed by atoms with E-state index in [4.69, 9.17) is 76.6 Å². The number of carbonyl (C=O) groups excluding carboxylic acids is 1. The Bertz CT molecular complexity index is 2490. The van der Waals surface area contributed by atoms with E-state index in [1.807, 2.05) is 0 Å². The molecule has 3 spiro atoms. The summed E-state index contributed by atoms with van der Waals surface area (Å²) in [5.41, 5.74) is 10.4. The molecule has 0 aliphatic carbocycles. The zero-order chi connectivity index (χ0) is 54.8. The van der Waals surface area contributed by atoms with Crippen LogP contribution in [0.4, 0.5) is 0 Å². The van der Waals surface area contributed by atoms with E-state index in [0.29, 0.717) is 70.6 Å². The van der Waals surface area contributed by atoms with Crippen LogP contribution in [0.25, 0.3) is 10.4 Å². The van der Waals surface area contributed by atoms with E-state index in [9.17, 15) is 9.90 Å². The summed E-state index contributed by atoms with van der Waals surface area (Å²) in [6.07, 6.45) is 3.79. The average Bonchev–Trinajstić information content (AvgIpc) is 4.31. The highest BCUT2D eigenvalue weighted by Crippen LogP contribution is 2.59. The number of aliphatic hydroxyl groups excluding tert-OH is 1. The first kappa shape index (κ1) is 54.3. The first-order valence-corrected chi connectivity index (χ1v) is 31.0. The number of nitrogens with zero attached hydrogens (tertiary/aromatic N) is 3. The molecule has 20 nitrogen and oxygen atoms in total. The van der Waals surface area contributed by atoms with Crippen LogP contribution in [0.1, 0.15) is 150 Å². The Labute approximate surface area is 469 Å². The van der Waals surface area contributed by atoms with Crippen molar-refractivity contribution in [3.8, 4) is 0 Å². The molecule has 0 aromatic heterocycles. The van der Waals surface area contributed by atoms with Crippen LogP contribution in [0.15, 0.2) is 29.4 Å². The molecule has 15 rings (SSSR count). The van der Waals surface area contributed by atoms with E-state index >= 15 is 0 Å². The van der Waals surface area contributed by atoms with Gasteiger partial charge in [0.15, 0.2) is 17.4 Å². The fraction of sp³-hybridized carbons (Fsp3) is 0.917. The van der Waals surface area contributed by atoms with Crippen molar-refractivity contribution >= 4 is 5.97 Å². The number of esters is 1. The molecule has 0 aromatic rings. The summed E-state index contributed by atoms with van der Waals surface area (Å²) < 4.78 is 104. The number of hydrogen-bond acceptors (Lipinski definition) is 18. The maximum atomic E-state index is 14.7. The van der Waals surface area contributed by atoms with Crippen molar-refractivity contribution in [1.29, 1.82) is 0 Å². The SMILES string of the molecule is C=C1C2C[C@@H]3O[C@H]4C[C@H]5O[C@@]6(C[C@@H]7O[C@]8(C[C@H](C)[C@@H]9O[C@H](CN=[N+]=[N-])[C@H](O)C[C@@H]9O8)C[C@H](C)[C@@H]7O6)C[C@H]5O[C@H]4[C@H](C)[C@H]3OC(=O)C[C@H]3CC[C@@H]4O[C@@]5(C)C6O[C@]7(CC[C@H]8CC(=C)[C@H](CC[C@@H](C[C@H]1C)O2)O8)CC[C@H]6O[C@H]5[C@@H](O7)[C@H]4O3. The molecule has 0 amide bonds. The molecule has 20 heteroatoms. The molecule has 80 heavy (non-hydrogen) atoms. The first-order valence-electron chi connectivity index (χ1n) is 31.0. The number of fused-ring (bicyclic) bond motifs is 10. The minimum Gasteiger partial charge on any atom is -0.459 e. The van der Waals surface area contributed by atoms with Crippen LogP contribution in [0, 0.1) is 23.7 Å². The fourth-order valence-electron chi connectivity index (χ4n) is 18.5. The van der Waals surface area contributed by atoms with Gasteiger partial charge in [-0.15, -0.1) is 0 Å². The number of rotatable bonds is 2. The van der Waals surface area contributed by atoms with Crippen molar-refractivity contribution in [3.63, 3.8) is 0 Å². The summed E-state index contributed by atoms with van der Waals surface area (Å²) in [6.45, 7) is 20.1. The normalized spacial score (nSPS) is 57.8. The lowest BCUT2D eigenvalue weighted by Crippen LogP contribution is -2.66. The van der Waals surface area contributed by atoms with Gasteiger partial charge in [-0.3, -0.25) is 4.79 Å². The van der Waals surface area contributed by atoms with Gasteiger partial charge in [0.2, 0.25) is 0 Å². The molecule has 0 aromatic carbocycles. The monoisotopic (exact) mass is 1120 g/mol. The van der Waals surface area contributed by atoms with Crippen LogP contribution in [-0.4, -0.2) is 181 Å². The minimum absolute atomic E-state index is 0.0125. The molecular formula is C60H85N3O17. The molecule has 11 bridgehead atoms. The molecule has 15 fully saturated rings. The molecule has 2 unspecified atom stereocenters. The average molecular weight is 1120 g/mol. The fourth-order valence-corrected chi connectivity index (χ4v) is 18.5.